The third-order valence-corrected chi connectivity index (χ3v) is 3.28. The van der Waals surface area contributed by atoms with Gasteiger partial charge in [0.1, 0.15) is 0 Å². The van der Waals surface area contributed by atoms with Crippen LogP contribution < -0.4 is 16.2 Å². The first-order valence-corrected chi connectivity index (χ1v) is 7.10. The Bertz CT molecular complexity index is 627. The second-order valence-electron chi connectivity index (χ2n) is 5.09. The highest BCUT2D eigenvalue weighted by molar-refractivity contribution is 6.39. The third kappa shape index (κ3) is 5.01. The van der Waals surface area contributed by atoms with E-state index in [9.17, 15) is 22.8 Å². The molecule has 2 amide bonds. The number of amides is 2. The second kappa shape index (κ2) is 7.17. The number of alkyl halides is 3. The summed E-state index contributed by atoms with van der Waals surface area (Å²) in [5, 5.41) is 2.13. The van der Waals surface area contributed by atoms with Crippen molar-refractivity contribution in [3.05, 3.63) is 41.6 Å². The standard InChI is InChI=1S/C15H16F3N3O2/c16-15(17,18)10-5-4-8-12(9-10)19-13(22)14(23)21-20-11-6-2-1-3-7-11/h4-6,8-9,20H,1-3,7H2,(H,19,22)(H,21,23). The Balaban J connectivity index is 1.90. The number of halogens is 3. The molecule has 1 aliphatic rings. The number of hydrazine groups is 1. The Morgan fingerprint density at radius 1 is 1.09 bits per heavy atom. The summed E-state index contributed by atoms with van der Waals surface area (Å²) >= 11 is 0. The summed E-state index contributed by atoms with van der Waals surface area (Å²) in [7, 11) is 0. The van der Waals surface area contributed by atoms with Gasteiger partial charge in [-0.15, -0.1) is 0 Å². The van der Waals surface area contributed by atoms with Crippen molar-refractivity contribution in [1.29, 1.82) is 0 Å². The van der Waals surface area contributed by atoms with Crippen LogP contribution >= 0.6 is 0 Å². The number of carbonyl (C=O) groups excluding carboxylic acids is 2. The van der Waals surface area contributed by atoms with Crippen LogP contribution in [-0.2, 0) is 15.8 Å². The van der Waals surface area contributed by atoms with E-state index in [0.717, 1.165) is 49.6 Å². The molecule has 0 radical (unpaired) electrons. The first kappa shape index (κ1) is 16.9. The Morgan fingerprint density at radius 3 is 2.52 bits per heavy atom. The van der Waals surface area contributed by atoms with Crippen LogP contribution in [0.2, 0.25) is 0 Å². The van der Waals surface area contributed by atoms with Gasteiger partial charge in [0.25, 0.3) is 0 Å². The number of hydrogen-bond donors (Lipinski definition) is 3. The van der Waals surface area contributed by atoms with E-state index >= 15 is 0 Å². The average Bonchev–Trinajstić information content (AvgIpc) is 2.53. The molecule has 5 nitrogen and oxygen atoms in total. The zero-order valence-corrected chi connectivity index (χ0v) is 12.2. The molecule has 1 aromatic rings. The van der Waals surface area contributed by atoms with Crippen LogP contribution in [0.5, 0.6) is 0 Å². The number of benzene rings is 1. The molecule has 0 aromatic heterocycles. The van der Waals surface area contributed by atoms with Gasteiger partial charge >= 0.3 is 18.0 Å². The molecule has 1 aromatic carbocycles. The van der Waals surface area contributed by atoms with Gasteiger partial charge in [-0.1, -0.05) is 12.1 Å². The number of allylic oxidation sites excluding steroid dienone is 2. The summed E-state index contributed by atoms with van der Waals surface area (Å²) in [6.45, 7) is 0. The summed E-state index contributed by atoms with van der Waals surface area (Å²) < 4.78 is 37.7. The van der Waals surface area contributed by atoms with Gasteiger partial charge in [0.15, 0.2) is 0 Å². The van der Waals surface area contributed by atoms with E-state index in [1.165, 1.54) is 6.07 Å². The van der Waals surface area contributed by atoms with Crippen molar-refractivity contribution in [2.45, 2.75) is 31.9 Å². The number of anilines is 1. The van der Waals surface area contributed by atoms with E-state index in [1.54, 1.807) is 0 Å². The smallest absolute Gasteiger partial charge is 0.318 e. The predicted molar refractivity (Wildman–Crippen MR) is 77.9 cm³/mol. The minimum absolute atomic E-state index is 0.100. The van der Waals surface area contributed by atoms with Gasteiger partial charge < -0.3 is 10.7 Å². The van der Waals surface area contributed by atoms with E-state index in [4.69, 9.17) is 0 Å². The quantitative estimate of drug-likeness (QED) is 0.590. The monoisotopic (exact) mass is 327 g/mol. The molecule has 0 aliphatic heterocycles. The molecule has 0 unspecified atom stereocenters. The number of nitrogens with one attached hydrogen (secondary N) is 3. The molecule has 0 saturated carbocycles. The highest BCUT2D eigenvalue weighted by Gasteiger charge is 2.30. The van der Waals surface area contributed by atoms with Crippen LogP contribution in [0.4, 0.5) is 18.9 Å². The Labute approximate surface area is 130 Å². The molecule has 0 bridgehead atoms. The molecule has 0 saturated heterocycles. The molecular weight excluding hydrogens is 311 g/mol. The van der Waals surface area contributed by atoms with Crippen molar-refractivity contribution in [3.63, 3.8) is 0 Å². The van der Waals surface area contributed by atoms with Gasteiger partial charge in [-0.3, -0.25) is 15.0 Å². The maximum Gasteiger partial charge on any atom is 0.416 e. The zero-order chi connectivity index (χ0) is 16.9. The molecule has 3 N–H and O–H groups in total. The maximum atomic E-state index is 12.6. The van der Waals surface area contributed by atoms with E-state index in [1.807, 2.05) is 6.08 Å². The summed E-state index contributed by atoms with van der Waals surface area (Å²) in [6, 6.07) is 4.08. The summed E-state index contributed by atoms with van der Waals surface area (Å²) in [6.07, 6.45) is 1.15. The lowest BCUT2D eigenvalue weighted by atomic mass is 10.1. The lowest BCUT2D eigenvalue weighted by molar-refractivity contribution is -0.137. The van der Waals surface area contributed by atoms with Crippen LogP contribution in [0.3, 0.4) is 0 Å². The van der Waals surface area contributed by atoms with Gasteiger partial charge in [-0.05, 0) is 43.9 Å². The molecule has 2 rings (SSSR count). The molecule has 0 spiro atoms. The second-order valence-corrected chi connectivity index (χ2v) is 5.09. The fraction of sp³-hybridized carbons (Fsp3) is 0.333. The van der Waals surface area contributed by atoms with Gasteiger partial charge in [-0.25, -0.2) is 0 Å². The van der Waals surface area contributed by atoms with E-state index in [0.29, 0.717) is 0 Å². The van der Waals surface area contributed by atoms with Crippen molar-refractivity contribution in [2.24, 2.45) is 0 Å². The fourth-order valence-corrected chi connectivity index (χ4v) is 2.11. The summed E-state index contributed by atoms with van der Waals surface area (Å²) in [5.41, 5.74) is 4.68. The van der Waals surface area contributed by atoms with E-state index < -0.39 is 23.6 Å². The molecule has 0 heterocycles. The van der Waals surface area contributed by atoms with Crippen LogP contribution in [0.15, 0.2) is 36.0 Å². The topological polar surface area (TPSA) is 70.2 Å². The van der Waals surface area contributed by atoms with Crippen LogP contribution in [0.25, 0.3) is 0 Å². The normalized spacial score (nSPS) is 14.7. The maximum absolute atomic E-state index is 12.6. The lowest BCUT2D eigenvalue weighted by Crippen LogP contribution is -2.43. The minimum Gasteiger partial charge on any atom is -0.318 e. The van der Waals surface area contributed by atoms with Crippen molar-refractivity contribution in [3.8, 4) is 0 Å². The molecule has 0 atom stereocenters. The van der Waals surface area contributed by atoms with Crippen molar-refractivity contribution < 1.29 is 22.8 Å². The zero-order valence-electron chi connectivity index (χ0n) is 12.2. The Hall–Kier alpha value is -2.51. The largest absolute Gasteiger partial charge is 0.416 e. The number of rotatable bonds is 3. The third-order valence-electron chi connectivity index (χ3n) is 3.28. The minimum atomic E-state index is -4.52. The first-order valence-electron chi connectivity index (χ1n) is 7.10. The van der Waals surface area contributed by atoms with E-state index in [-0.39, 0.29) is 5.69 Å². The van der Waals surface area contributed by atoms with Gasteiger partial charge in [0.05, 0.1) is 5.56 Å². The van der Waals surface area contributed by atoms with Gasteiger partial charge in [-0.2, -0.15) is 13.2 Å². The highest BCUT2D eigenvalue weighted by atomic mass is 19.4. The Morgan fingerprint density at radius 2 is 1.87 bits per heavy atom. The van der Waals surface area contributed by atoms with Crippen LogP contribution in [0.1, 0.15) is 31.2 Å². The molecule has 8 heteroatoms. The van der Waals surface area contributed by atoms with Gasteiger partial charge in [0, 0.05) is 11.4 Å². The van der Waals surface area contributed by atoms with Gasteiger partial charge in [0.2, 0.25) is 0 Å². The number of hydrogen-bond acceptors (Lipinski definition) is 3. The Kier molecular flexibility index (Phi) is 5.25. The SMILES string of the molecule is O=C(NNC1=CCCCC1)C(=O)Nc1cccc(C(F)(F)F)c1. The summed E-state index contributed by atoms with van der Waals surface area (Å²) in [4.78, 5) is 23.3. The predicted octanol–water partition coefficient (Wildman–Crippen LogP) is 2.72. The molecular formula is C15H16F3N3O2. The molecule has 124 valence electrons. The van der Waals surface area contributed by atoms with Crippen LogP contribution in [0, 0.1) is 0 Å². The molecule has 0 fully saturated rings. The summed E-state index contributed by atoms with van der Waals surface area (Å²) in [5.74, 6) is -2.03. The lowest BCUT2D eigenvalue weighted by Gasteiger charge is -2.15. The highest BCUT2D eigenvalue weighted by Crippen LogP contribution is 2.30. The van der Waals surface area contributed by atoms with Crippen LogP contribution in [-0.4, -0.2) is 11.8 Å². The fourth-order valence-electron chi connectivity index (χ4n) is 2.11. The van der Waals surface area contributed by atoms with E-state index in [2.05, 4.69) is 16.2 Å². The van der Waals surface area contributed by atoms with Crippen molar-refractivity contribution >= 4 is 17.5 Å². The molecule has 23 heavy (non-hydrogen) atoms. The number of carbonyl (C=O) groups is 2. The molecule has 1 aliphatic carbocycles. The van der Waals surface area contributed by atoms with Crippen molar-refractivity contribution in [1.82, 2.24) is 10.9 Å². The average molecular weight is 327 g/mol. The first-order chi connectivity index (χ1) is 10.9. The van der Waals surface area contributed by atoms with Crippen molar-refractivity contribution in [2.75, 3.05) is 5.32 Å².